The number of hydrogen-bond donors (Lipinski definition) is 1. The minimum Gasteiger partial charge on any atom is -0.326 e. The van der Waals surface area contributed by atoms with E-state index >= 15 is 0 Å². The molecule has 1 saturated heterocycles. The fourth-order valence-electron chi connectivity index (χ4n) is 3.14. The molecule has 1 N–H and O–H groups in total. The SMILES string of the molecule is O=C(Nc1cccc(Cl)c1)C1CCN(S(=O)(=O)Cc2cccc(Cl)c2)CC1. The van der Waals surface area contributed by atoms with Gasteiger partial charge in [-0.25, -0.2) is 12.7 Å². The number of carbonyl (C=O) groups is 1. The van der Waals surface area contributed by atoms with Gasteiger partial charge in [-0.2, -0.15) is 0 Å². The molecule has 0 radical (unpaired) electrons. The molecule has 144 valence electrons. The van der Waals surface area contributed by atoms with E-state index in [0.717, 1.165) is 0 Å². The second-order valence-electron chi connectivity index (χ2n) is 6.56. The lowest BCUT2D eigenvalue weighted by molar-refractivity contribution is -0.120. The summed E-state index contributed by atoms with van der Waals surface area (Å²) in [6, 6.07) is 13.8. The minimum atomic E-state index is -3.44. The molecule has 8 heteroatoms. The van der Waals surface area contributed by atoms with Crippen LogP contribution < -0.4 is 5.32 Å². The van der Waals surface area contributed by atoms with E-state index in [1.165, 1.54) is 4.31 Å². The molecule has 0 spiro atoms. The maximum Gasteiger partial charge on any atom is 0.227 e. The molecule has 27 heavy (non-hydrogen) atoms. The number of amides is 1. The van der Waals surface area contributed by atoms with Gasteiger partial charge in [0, 0.05) is 34.7 Å². The zero-order chi connectivity index (χ0) is 19.4. The third-order valence-electron chi connectivity index (χ3n) is 4.55. The molecule has 0 unspecified atom stereocenters. The molecule has 0 saturated carbocycles. The van der Waals surface area contributed by atoms with Crippen LogP contribution in [0.2, 0.25) is 10.0 Å². The molecule has 2 aromatic carbocycles. The van der Waals surface area contributed by atoms with Crippen LogP contribution >= 0.6 is 23.2 Å². The summed E-state index contributed by atoms with van der Waals surface area (Å²) < 4.78 is 26.7. The summed E-state index contributed by atoms with van der Waals surface area (Å²) in [4.78, 5) is 12.4. The van der Waals surface area contributed by atoms with E-state index in [0.29, 0.717) is 47.2 Å². The summed E-state index contributed by atoms with van der Waals surface area (Å²) in [5.74, 6) is -0.418. The Kier molecular flexibility index (Phi) is 6.42. The number of rotatable bonds is 5. The predicted octanol–water partition coefficient (Wildman–Crippen LogP) is 4.17. The second kappa shape index (κ2) is 8.61. The zero-order valence-corrected chi connectivity index (χ0v) is 16.9. The third-order valence-corrected chi connectivity index (χ3v) is 6.87. The number of anilines is 1. The second-order valence-corrected chi connectivity index (χ2v) is 9.40. The van der Waals surface area contributed by atoms with Crippen molar-refractivity contribution < 1.29 is 13.2 Å². The van der Waals surface area contributed by atoms with Crippen LogP contribution in [-0.4, -0.2) is 31.7 Å². The van der Waals surface area contributed by atoms with Gasteiger partial charge in [-0.3, -0.25) is 4.79 Å². The van der Waals surface area contributed by atoms with E-state index in [1.54, 1.807) is 48.5 Å². The molecular weight excluding hydrogens is 407 g/mol. The maximum absolute atomic E-state index is 12.6. The fourth-order valence-corrected chi connectivity index (χ4v) is 5.09. The fraction of sp³-hybridized carbons (Fsp3) is 0.316. The van der Waals surface area contributed by atoms with Crippen LogP contribution in [0.15, 0.2) is 48.5 Å². The Hall–Kier alpha value is -1.60. The number of piperidine rings is 1. The van der Waals surface area contributed by atoms with Gasteiger partial charge in [0.15, 0.2) is 0 Å². The highest BCUT2D eigenvalue weighted by Gasteiger charge is 2.31. The predicted molar refractivity (Wildman–Crippen MR) is 108 cm³/mol. The molecule has 5 nitrogen and oxygen atoms in total. The average Bonchev–Trinajstić information content (AvgIpc) is 2.61. The maximum atomic E-state index is 12.6. The number of benzene rings is 2. The first-order chi connectivity index (χ1) is 12.8. The van der Waals surface area contributed by atoms with Gasteiger partial charge in [-0.05, 0) is 48.7 Å². The van der Waals surface area contributed by atoms with Gasteiger partial charge in [0.25, 0.3) is 0 Å². The quantitative estimate of drug-likeness (QED) is 0.779. The smallest absolute Gasteiger partial charge is 0.227 e. The van der Waals surface area contributed by atoms with Crippen molar-refractivity contribution in [1.82, 2.24) is 4.31 Å². The van der Waals surface area contributed by atoms with Crippen LogP contribution in [0.4, 0.5) is 5.69 Å². The number of nitrogens with zero attached hydrogens (tertiary/aromatic N) is 1. The highest BCUT2D eigenvalue weighted by molar-refractivity contribution is 7.88. The van der Waals surface area contributed by atoms with Crippen molar-refractivity contribution in [3.8, 4) is 0 Å². The lowest BCUT2D eigenvalue weighted by Crippen LogP contribution is -2.41. The molecule has 1 fully saturated rings. The van der Waals surface area contributed by atoms with E-state index in [4.69, 9.17) is 23.2 Å². The van der Waals surface area contributed by atoms with Crippen molar-refractivity contribution in [1.29, 1.82) is 0 Å². The van der Waals surface area contributed by atoms with E-state index in [9.17, 15) is 13.2 Å². The van der Waals surface area contributed by atoms with Crippen LogP contribution in [-0.2, 0) is 20.6 Å². The van der Waals surface area contributed by atoms with Crippen LogP contribution in [0.3, 0.4) is 0 Å². The topological polar surface area (TPSA) is 66.5 Å². The van der Waals surface area contributed by atoms with Crippen molar-refractivity contribution in [3.63, 3.8) is 0 Å². The molecule has 1 aliphatic rings. The summed E-state index contributed by atoms with van der Waals surface area (Å²) in [6.07, 6.45) is 0.975. The van der Waals surface area contributed by atoms with Crippen molar-refractivity contribution in [2.45, 2.75) is 18.6 Å². The van der Waals surface area contributed by atoms with E-state index in [-0.39, 0.29) is 17.6 Å². The molecule has 1 heterocycles. The normalized spacial score (nSPS) is 16.2. The van der Waals surface area contributed by atoms with Crippen LogP contribution in [0.1, 0.15) is 18.4 Å². The Morgan fingerprint density at radius 1 is 1.04 bits per heavy atom. The summed E-state index contributed by atoms with van der Waals surface area (Å²) in [5, 5.41) is 3.91. The molecule has 0 aliphatic carbocycles. The van der Waals surface area contributed by atoms with Gasteiger partial charge in [-0.15, -0.1) is 0 Å². The third kappa shape index (κ3) is 5.45. The first-order valence-corrected chi connectivity index (χ1v) is 11.0. The zero-order valence-electron chi connectivity index (χ0n) is 14.6. The summed E-state index contributed by atoms with van der Waals surface area (Å²) in [7, 11) is -3.44. The summed E-state index contributed by atoms with van der Waals surface area (Å²) in [6.45, 7) is 0.660. The Labute approximate surface area is 169 Å². The molecule has 3 rings (SSSR count). The molecule has 1 amide bonds. The van der Waals surface area contributed by atoms with Crippen molar-refractivity contribution in [2.75, 3.05) is 18.4 Å². The number of halogens is 2. The van der Waals surface area contributed by atoms with Crippen molar-refractivity contribution in [3.05, 3.63) is 64.1 Å². The number of sulfonamides is 1. The molecule has 0 bridgehead atoms. The van der Waals surface area contributed by atoms with Gasteiger partial charge in [0.1, 0.15) is 0 Å². The summed E-state index contributed by atoms with van der Waals surface area (Å²) in [5.41, 5.74) is 1.30. The Bertz CT molecular complexity index is 926. The number of hydrogen-bond acceptors (Lipinski definition) is 3. The molecule has 0 atom stereocenters. The van der Waals surface area contributed by atoms with Gasteiger partial charge >= 0.3 is 0 Å². The average molecular weight is 427 g/mol. The van der Waals surface area contributed by atoms with Gasteiger partial charge < -0.3 is 5.32 Å². The number of nitrogens with one attached hydrogen (secondary N) is 1. The first kappa shape index (κ1) is 20.1. The lowest BCUT2D eigenvalue weighted by atomic mass is 9.97. The van der Waals surface area contributed by atoms with Crippen LogP contribution in [0, 0.1) is 5.92 Å². The van der Waals surface area contributed by atoms with E-state index in [1.807, 2.05) is 0 Å². The Balaban J connectivity index is 1.57. The summed E-state index contributed by atoms with van der Waals surface area (Å²) >= 11 is 11.9. The lowest BCUT2D eigenvalue weighted by Gasteiger charge is -2.30. The van der Waals surface area contributed by atoms with Crippen LogP contribution in [0.25, 0.3) is 0 Å². The Morgan fingerprint density at radius 2 is 1.67 bits per heavy atom. The van der Waals surface area contributed by atoms with Crippen molar-refractivity contribution >= 4 is 44.8 Å². The molecule has 0 aromatic heterocycles. The van der Waals surface area contributed by atoms with Gasteiger partial charge in [-0.1, -0.05) is 41.4 Å². The number of carbonyl (C=O) groups excluding carboxylic acids is 1. The monoisotopic (exact) mass is 426 g/mol. The van der Waals surface area contributed by atoms with E-state index in [2.05, 4.69) is 5.32 Å². The standard InChI is InChI=1S/C19H20Cl2N2O3S/c20-16-4-1-3-14(11-16)13-27(25,26)23-9-7-15(8-10-23)19(24)22-18-6-2-5-17(21)12-18/h1-6,11-12,15H,7-10,13H2,(H,22,24). The molecule has 2 aromatic rings. The largest absolute Gasteiger partial charge is 0.326 e. The van der Waals surface area contributed by atoms with Crippen molar-refractivity contribution in [2.24, 2.45) is 5.92 Å². The first-order valence-electron chi connectivity index (χ1n) is 8.62. The highest BCUT2D eigenvalue weighted by Crippen LogP contribution is 2.24. The minimum absolute atomic E-state index is 0.0903. The van der Waals surface area contributed by atoms with Gasteiger partial charge in [0.05, 0.1) is 5.75 Å². The van der Waals surface area contributed by atoms with E-state index < -0.39 is 10.0 Å². The molecule has 1 aliphatic heterocycles. The van der Waals surface area contributed by atoms with Gasteiger partial charge in [0.2, 0.25) is 15.9 Å². The Morgan fingerprint density at radius 3 is 2.30 bits per heavy atom. The van der Waals surface area contributed by atoms with Crippen LogP contribution in [0.5, 0.6) is 0 Å². The molecular formula is C19H20Cl2N2O3S. The highest BCUT2D eigenvalue weighted by atomic mass is 35.5.